The predicted molar refractivity (Wildman–Crippen MR) is 69.8 cm³/mol. The second-order valence-corrected chi connectivity index (χ2v) is 6.67. The molecule has 1 N–H and O–H groups in total. The molecule has 0 aliphatic carbocycles. The first-order valence-electron chi connectivity index (χ1n) is 6.60. The molecule has 0 radical (unpaired) electrons. The number of carbonyl (C=O) groups excluding carboxylic acids is 2. The van der Waals surface area contributed by atoms with Crippen LogP contribution in [0.4, 0.5) is 0 Å². The number of aliphatic hydroxyl groups excluding tert-OH is 1. The largest absolute Gasteiger partial charge is 0.396 e. The van der Waals surface area contributed by atoms with E-state index in [1.54, 1.807) is 0 Å². The molecule has 0 saturated carbocycles. The van der Waals surface area contributed by atoms with E-state index >= 15 is 0 Å². The van der Waals surface area contributed by atoms with Crippen LogP contribution >= 0.6 is 0 Å². The Morgan fingerprint density at radius 2 is 1.94 bits per heavy atom. The van der Waals surface area contributed by atoms with Crippen LogP contribution in [0.2, 0.25) is 0 Å². The number of likely N-dealkylation sites (tertiary alicyclic amines) is 1. The van der Waals surface area contributed by atoms with Crippen LogP contribution in [0.15, 0.2) is 0 Å². The molecule has 1 rings (SSSR count). The minimum atomic E-state index is -0.563. The summed E-state index contributed by atoms with van der Waals surface area (Å²) in [5, 5.41) is 9.01. The van der Waals surface area contributed by atoms with Crippen LogP contribution in [0.1, 0.15) is 47.5 Å². The van der Waals surface area contributed by atoms with Crippen LogP contribution < -0.4 is 0 Å². The topological polar surface area (TPSA) is 57.6 Å². The number of rotatable bonds is 5. The highest BCUT2D eigenvalue weighted by molar-refractivity contribution is 6.05. The van der Waals surface area contributed by atoms with Crippen molar-refractivity contribution in [1.29, 1.82) is 0 Å². The highest BCUT2D eigenvalue weighted by Crippen LogP contribution is 2.40. The van der Waals surface area contributed by atoms with Crippen molar-refractivity contribution in [2.24, 2.45) is 16.7 Å². The molecule has 18 heavy (non-hydrogen) atoms. The Hall–Kier alpha value is -0.900. The Labute approximate surface area is 109 Å². The molecule has 0 bridgehead atoms. The van der Waals surface area contributed by atoms with Gasteiger partial charge in [-0.2, -0.15) is 0 Å². The third kappa shape index (κ3) is 2.74. The van der Waals surface area contributed by atoms with E-state index in [9.17, 15) is 9.59 Å². The van der Waals surface area contributed by atoms with Crippen LogP contribution in [-0.4, -0.2) is 35.0 Å². The van der Waals surface area contributed by atoms with E-state index in [1.807, 2.05) is 34.6 Å². The van der Waals surface area contributed by atoms with Gasteiger partial charge in [-0.3, -0.25) is 14.5 Å². The first-order chi connectivity index (χ1) is 8.14. The first-order valence-corrected chi connectivity index (χ1v) is 6.60. The maximum absolute atomic E-state index is 12.4. The van der Waals surface area contributed by atoms with Gasteiger partial charge in [0.05, 0.1) is 5.41 Å². The summed E-state index contributed by atoms with van der Waals surface area (Å²) in [5.74, 6) is 0.00985. The number of amides is 2. The second kappa shape index (κ2) is 5.00. The van der Waals surface area contributed by atoms with Crippen LogP contribution in [0.5, 0.6) is 0 Å². The van der Waals surface area contributed by atoms with E-state index < -0.39 is 5.41 Å². The zero-order valence-corrected chi connectivity index (χ0v) is 12.1. The summed E-state index contributed by atoms with van der Waals surface area (Å²) in [6, 6.07) is 0. The van der Waals surface area contributed by atoms with Gasteiger partial charge >= 0.3 is 0 Å². The van der Waals surface area contributed by atoms with Gasteiger partial charge in [-0.1, -0.05) is 27.7 Å². The van der Waals surface area contributed by atoms with Gasteiger partial charge in [0, 0.05) is 19.6 Å². The number of nitrogens with zero attached hydrogens (tertiary/aromatic N) is 1. The monoisotopic (exact) mass is 255 g/mol. The molecular weight excluding hydrogens is 230 g/mol. The van der Waals surface area contributed by atoms with Gasteiger partial charge in [-0.25, -0.2) is 0 Å². The molecule has 0 aromatic heterocycles. The van der Waals surface area contributed by atoms with Crippen molar-refractivity contribution < 1.29 is 14.7 Å². The number of imide groups is 1. The summed E-state index contributed by atoms with van der Waals surface area (Å²) in [6.07, 6.45) is 0.890. The fourth-order valence-corrected chi connectivity index (χ4v) is 2.33. The Morgan fingerprint density at radius 3 is 2.33 bits per heavy atom. The SMILES string of the molecule is CC(C)C1(C)CC(=O)N(CC(C)(C)CCO)C1=O. The molecule has 4 nitrogen and oxygen atoms in total. The van der Waals surface area contributed by atoms with Gasteiger partial charge in [-0.15, -0.1) is 0 Å². The lowest BCUT2D eigenvalue weighted by Crippen LogP contribution is -2.42. The smallest absolute Gasteiger partial charge is 0.235 e. The van der Waals surface area contributed by atoms with Crippen molar-refractivity contribution >= 4 is 11.8 Å². The molecule has 2 amide bonds. The first kappa shape index (κ1) is 15.2. The lowest BCUT2D eigenvalue weighted by Gasteiger charge is -2.31. The highest BCUT2D eigenvalue weighted by Gasteiger charge is 2.50. The average molecular weight is 255 g/mol. The molecule has 1 unspecified atom stereocenters. The highest BCUT2D eigenvalue weighted by atomic mass is 16.3. The van der Waals surface area contributed by atoms with Gasteiger partial charge < -0.3 is 5.11 Å². The lowest BCUT2D eigenvalue weighted by atomic mass is 9.77. The third-order valence-corrected chi connectivity index (χ3v) is 4.20. The minimum Gasteiger partial charge on any atom is -0.396 e. The van der Waals surface area contributed by atoms with Gasteiger partial charge in [0.25, 0.3) is 0 Å². The maximum Gasteiger partial charge on any atom is 0.235 e. The van der Waals surface area contributed by atoms with E-state index in [0.29, 0.717) is 19.4 Å². The second-order valence-electron chi connectivity index (χ2n) is 6.67. The number of hydrogen-bond donors (Lipinski definition) is 1. The predicted octanol–water partition coefficient (Wildman–Crippen LogP) is 1.82. The summed E-state index contributed by atoms with van der Waals surface area (Å²) in [4.78, 5) is 25.8. The summed E-state index contributed by atoms with van der Waals surface area (Å²) >= 11 is 0. The van der Waals surface area contributed by atoms with Crippen molar-refractivity contribution in [2.45, 2.75) is 47.5 Å². The Kier molecular flexibility index (Phi) is 4.21. The van der Waals surface area contributed by atoms with E-state index in [4.69, 9.17) is 5.11 Å². The summed E-state index contributed by atoms with van der Waals surface area (Å²) in [7, 11) is 0. The number of carbonyl (C=O) groups is 2. The van der Waals surface area contributed by atoms with E-state index in [0.717, 1.165) is 0 Å². The number of aliphatic hydroxyl groups is 1. The van der Waals surface area contributed by atoms with Gasteiger partial charge in [-0.05, 0) is 24.7 Å². The zero-order chi connectivity index (χ0) is 14.1. The van der Waals surface area contributed by atoms with Crippen molar-refractivity contribution in [3.05, 3.63) is 0 Å². The molecular formula is C14H25NO3. The average Bonchev–Trinajstić information content (AvgIpc) is 2.43. The Balaban J connectivity index is 2.86. The Morgan fingerprint density at radius 1 is 1.39 bits per heavy atom. The van der Waals surface area contributed by atoms with Crippen LogP contribution in [0.3, 0.4) is 0 Å². The molecule has 1 atom stereocenters. The molecule has 104 valence electrons. The van der Waals surface area contributed by atoms with Gasteiger partial charge in [0.15, 0.2) is 0 Å². The molecule has 0 aromatic carbocycles. The van der Waals surface area contributed by atoms with Gasteiger partial charge in [0.2, 0.25) is 11.8 Å². The standard InChI is InChI=1S/C14H25NO3/c1-10(2)14(5)8-11(17)15(12(14)18)9-13(3,4)6-7-16/h10,16H,6-9H2,1-5H3. The van der Waals surface area contributed by atoms with Gasteiger partial charge in [0.1, 0.15) is 0 Å². The van der Waals surface area contributed by atoms with Crippen LogP contribution in [0.25, 0.3) is 0 Å². The molecule has 1 saturated heterocycles. The lowest BCUT2D eigenvalue weighted by molar-refractivity contribution is -0.143. The molecule has 4 heteroatoms. The fraction of sp³-hybridized carbons (Fsp3) is 0.857. The molecule has 1 heterocycles. The van der Waals surface area contributed by atoms with Crippen molar-refractivity contribution in [1.82, 2.24) is 4.90 Å². The molecule has 0 spiro atoms. The van der Waals surface area contributed by atoms with Crippen LogP contribution in [-0.2, 0) is 9.59 Å². The van der Waals surface area contributed by atoms with Crippen molar-refractivity contribution in [3.8, 4) is 0 Å². The minimum absolute atomic E-state index is 0.0616. The number of hydrogen-bond acceptors (Lipinski definition) is 3. The molecule has 1 aliphatic heterocycles. The zero-order valence-electron chi connectivity index (χ0n) is 12.1. The maximum atomic E-state index is 12.4. The van der Waals surface area contributed by atoms with E-state index in [1.165, 1.54) is 4.90 Å². The molecule has 1 fully saturated rings. The summed E-state index contributed by atoms with van der Waals surface area (Å²) in [6.45, 7) is 10.2. The fourth-order valence-electron chi connectivity index (χ4n) is 2.33. The third-order valence-electron chi connectivity index (χ3n) is 4.20. The van der Waals surface area contributed by atoms with E-state index in [2.05, 4.69) is 0 Å². The Bertz CT molecular complexity index is 349. The summed E-state index contributed by atoms with van der Waals surface area (Å²) in [5.41, 5.74) is -0.797. The van der Waals surface area contributed by atoms with Crippen LogP contribution in [0, 0.1) is 16.7 Å². The summed E-state index contributed by atoms with van der Waals surface area (Å²) < 4.78 is 0. The van der Waals surface area contributed by atoms with E-state index in [-0.39, 0.29) is 29.8 Å². The normalized spacial score (nSPS) is 25.4. The van der Waals surface area contributed by atoms with Crippen molar-refractivity contribution in [3.63, 3.8) is 0 Å². The molecule has 1 aliphatic rings. The molecule has 0 aromatic rings. The van der Waals surface area contributed by atoms with Crippen molar-refractivity contribution in [2.75, 3.05) is 13.2 Å². The quantitative estimate of drug-likeness (QED) is 0.762.